The molecule has 0 rings (SSSR count). The van der Waals surface area contributed by atoms with Gasteiger partial charge >= 0.3 is 0 Å². The Morgan fingerprint density at radius 3 is 2.46 bits per heavy atom. The second-order valence-corrected chi connectivity index (χ2v) is 5.64. The van der Waals surface area contributed by atoms with Crippen molar-refractivity contribution in [2.45, 2.75) is 25.8 Å². The van der Waals surface area contributed by atoms with Crippen molar-refractivity contribution in [2.24, 2.45) is 5.84 Å². The normalized spacial score (nSPS) is 14.1. The Balaban J connectivity index is 3.98. The molecule has 0 radical (unpaired) electrons. The lowest BCUT2D eigenvalue weighted by atomic mass is 10.1. The van der Waals surface area contributed by atoms with Crippen molar-refractivity contribution in [3.8, 4) is 0 Å². The summed E-state index contributed by atoms with van der Waals surface area (Å²) in [6, 6.07) is -0.174. The zero-order valence-corrected chi connectivity index (χ0v) is 9.02. The lowest BCUT2D eigenvalue weighted by molar-refractivity contribution is 0.519. The molecule has 0 fully saturated rings. The zero-order valence-electron chi connectivity index (χ0n) is 8.21. The molecule has 0 bridgehead atoms. The molecule has 0 aromatic carbocycles. The minimum Gasteiger partial charge on any atom is -0.271 e. The van der Waals surface area contributed by atoms with Crippen LogP contribution in [-0.2, 0) is 9.84 Å². The van der Waals surface area contributed by atoms with E-state index in [1.165, 1.54) is 6.26 Å². The van der Waals surface area contributed by atoms with E-state index in [4.69, 9.17) is 5.84 Å². The lowest BCUT2D eigenvalue weighted by Crippen LogP contribution is -2.40. The number of nitrogens with two attached hydrogens (primary N) is 1. The summed E-state index contributed by atoms with van der Waals surface area (Å²) in [4.78, 5) is 0. The molecule has 0 aromatic heterocycles. The van der Waals surface area contributed by atoms with E-state index in [1.807, 2.05) is 6.92 Å². The monoisotopic (exact) mass is 206 g/mol. The molecule has 1 unspecified atom stereocenters. The average Bonchev–Trinajstić information content (AvgIpc) is 1.95. The number of hydrazine groups is 1. The molecule has 0 aliphatic carbocycles. The van der Waals surface area contributed by atoms with E-state index in [0.717, 1.165) is 12.0 Å². The van der Waals surface area contributed by atoms with Gasteiger partial charge in [0, 0.05) is 12.3 Å². The topological polar surface area (TPSA) is 72.2 Å². The molecule has 0 spiro atoms. The molecule has 1 atom stereocenters. The largest absolute Gasteiger partial charge is 0.271 e. The Hall–Kier alpha value is -0.390. The average molecular weight is 206 g/mol. The van der Waals surface area contributed by atoms with Gasteiger partial charge in [-0.05, 0) is 19.8 Å². The van der Waals surface area contributed by atoms with Gasteiger partial charge in [0.2, 0.25) is 0 Å². The highest BCUT2D eigenvalue weighted by atomic mass is 32.2. The van der Waals surface area contributed by atoms with Gasteiger partial charge in [-0.1, -0.05) is 5.57 Å². The molecule has 78 valence electrons. The lowest BCUT2D eigenvalue weighted by Gasteiger charge is -2.14. The van der Waals surface area contributed by atoms with Gasteiger partial charge in [0.05, 0.1) is 5.75 Å². The van der Waals surface area contributed by atoms with Gasteiger partial charge < -0.3 is 0 Å². The number of sulfone groups is 1. The summed E-state index contributed by atoms with van der Waals surface area (Å²) in [7, 11) is -2.96. The van der Waals surface area contributed by atoms with Crippen LogP contribution in [0.4, 0.5) is 0 Å². The molecule has 5 heteroatoms. The highest BCUT2D eigenvalue weighted by Gasteiger charge is 2.13. The summed E-state index contributed by atoms with van der Waals surface area (Å²) >= 11 is 0. The van der Waals surface area contributed by atoms with Gasteiger partial charge in [-0.25, -0.2) is 8.42 Å². The quantitative estimate of drug-likeness (QED) is 0.370. The fourth-order valence-corrected chi connectivity index (χ4v) is 1.99. The van der Waals surface area contributed by atoms with Crippen molar-refractivity contribution in [1.82, 2.24) is 5.43 Å². The molecule has 0 aliphatic heterocycles. The van der Waals surface area contributed by atoms with Gasteiger partial charge in [0.1, 0.15) is 9.84 Å². The molecule has 0 saturated carbocycles. The van der Waals surface area contributed by atoms with E-state index in [1.54, 1.807) is 0 Å². The van der Waals surface area contributed by atoms with Crippen LogP contribution in [0, 0.1) is 0 Å². The molecule has 0 amide bonds. The van der Waals surface area contributed by atoms with Crippen LogP contribution in [-0.4, -0.2) is 26.5 Å². The molecule has 0 heterocycles. The standard InChI is InChI=1S/C8H18N2O2S/c1-7(2)4-5-8(10-9)6-13(3,11)12/h8,10H,1,4-6,9H2,2-3H3. The maximum absolute atomic E-state index is 10.9. The molecular formula is C8H18N2O2S. The van der Waals surface area contributed by atoms with Crippen LogP contribution in [0.15, 0.2) is 12.2 Å². The first-order chi connectivity index (χ1) is 5.85. The maximum Gasteiger partial charge on any atom is 0.149 e. The zero-order chi connectivity index (χ0) is 10.5. The van der Waals surface area contributed by atoms with E-state index in [0.29, 0.717) is 6.42 Å². The van der Waals surface area contributed by atoms with E-state index < -0.39 is 9.84 Å². The Kier molecular flexibility index (Phi) is 5.20. The molecule has 0 aliphatic rings. The fourth-order valence-electron chi connectivity index (χ4n) is 1.00. The second kappa shape index (κ2) is 5.36. The summed E-state index contributed by atoms with van der Waals surface area (Å²) in [5.41, 5.74) is 3.53. The second-order valence-electron chi connectivity index (χ2n) is 3.45. The van der Waals surface area contributed by atoms with Gasteiger partial charge in [0.25, 0.3) is 0 Å². The van der Waals surface area contributed by atoms with Gasteiger partial charge in [-0.2, -0.15) is 0 Å². The number of hydrogen-bond acceptors (Lipinski definition) is 4. The SMILES string of the molecule is C=C(C)CCC(CS(C)(=O)=O)NN. The molecule has 13 heavy (non-hydrogen) atoms. The third-order valence-electron chi connectivity index (χ3n) is 1.66. The summed E-state index contributed by atoms with van der Waals surface area (Å²) in [6.07, 6.45) is 2.71. The predicted octanol–water partition coefficient (Wildman–Crippen LogP) is 0.219. The van der Waals surface area contributed by atoms with E-state index in [2.05, 4.69) is 12.0 Å². The molecule has 3 N–H and O–H groups in total. The van der Waals surface area contributed by atoms with Gasteiger partial charge in [0.15, 0.2) is 0 Å². The molecular weight excluding hydrogens is 188 g/mol. The highest BCUT2D eigenvalue weighted by molar-refractivity contribution is 7.90. The van der Waals surface area contributed by atoms with Crippen LogP contribution in [0.3, 0.4) is 0 Å². The number of allylic oxidation sites excluding steroid dienone is 1. The van der Waals surface area contributed by atoms with Crippen LogP contribution in [0.1, 0.15) is 19.8 Å². The first-order valence-electron chi connectivity index (χ1n) is 4.13. The van der Waals surface area contributed by atoms with E-state index >= 15 is 0 Å². The summed E-state index contributed by atoms with van der Waals surface area (Å²) in [5, 5.41) is 0. The highest BCUT2D eigenvalue weighted by Crippen LogP contribution is 2.05. The summed E-state index contributed by atoms with van der Waals surface area (Å²) in [5.74, 6) is 5.30. The summed E-state index contributed by atoms with van der Waals surface area (Å²) in [6.45, 7) is 5.65. The Morgan fingerprint density at radius 1 is 1.62 bits per heavy atom. The number of rotatable bonds is 6. The first kappa shape index (κ1) is 12.6. The van der Waals surface area contributed by atoms with Crippen LogP contribution >= 0.6 is 0 Å². The van der Waals surface area contributed by atoms with Crippen molar-refractivity contribution < 1.29 is 8.42 Å². The smallest absolute Gasteiger partial charge is 0.149 e. The minimum absolute atomic E-state index is 0.0801. The first-order valence-corrected chi connectivity index (χ1v) is 6.19. The van der Waals surface area contributed by atoms with Crippen LogP contribution < -0.4 is 11.3 Å². The molecule has 4 nitrogen and oxygen atoms in total. The Labute approximate surface area is 80.1 Å². The van der Waals surface area contributed by atoms with Gasteiger partial charge in [-0.3, -0.25) is 11.3 Å². The molecule has 0 saturated heterocycles. The van der Waals surface area contributed by atoms with E-state index in [9.17, 15) is 8.42 Å². The van der Waals surface area contributed by atoms with Crippen molar-refractivity contribution in [1.29, 1.82) is 0 Å². The Bertz CT molecular complexity index is 259. The van der Waals surface area contributed by atoms with Crippen LogP contribution in [0.2, 0.25) is 0 Å². The van der Waals surface area contributed by atoms with Crippen LogP contribution in [0.5, 0.6) is 0 Å². The number of hydrogen-bond donors (Lipinski definition) is 2. The molecule has 0 aromatic rings. The number of nitrogens with one attached hydrogen (secondary N) is 1. The van der Waals surface area contributed by atoms with Crippen LogP contribution in [0.25, 0.3) is 0 Å². The predicted molar refractivity (Wildman–Crippen MR) is 54.9 cm³/mol. The van der Waals surface area contributed by atoms with E-state index in [-0.39, 0.29) is 11.8 Å². The van der Waals surface area contributed by atoms with Crippen molar-refractivity contribution in [3.63, 3.8) is 0 Å². The summed E-state index contributed by atoms with van der Waals surface area (Å²) < 4.78 is 21.9. The van der Waals surface area contributed by atoms with Crippen molar-refractivity contribution in [2.75, 3.05) is 12.0 Å². The maximum atomic E-state index is 10.9. The third kappa shape index (κ3) is 7.95. The third-order valence-corrected chi connectivity index (χ3v) is 2.67. The van der Waals surface area contributed by atoms with Gasteiger partial charge in [-0.15, -0.1) is 6.58 Å². The Morgan fingerprint density at radius 2 is 2.15 bits per heavy atom. The van der Waals surface area contributed by atoms with Crippen molar-refractivity contribution in [3.05, 3.63) is 12.2 Å². The van der Waals surface area contributed by atoms with Crippen molar-refractivity contribution >= 4 is 9.84 Å². The minimum atomic E-state index is -2.96. The fraction of sp³-hybridized carbons (Fsp3) is 0.750.